The minimum atomic E-state index is 0.544. The van der Waals surface area contributed by atoms with Crippen molar-refractivity contribution in [1.29, 1.82) is 0 Å². The number of hydrogen-bond acceptors (Lipinski definition) is 7. The van der Waals surface area contributed by atoms with Gasteiger partial charge in [-0.05, 0) is 30.9 Å². The van der Waals surface area contributed by atoms with Crippen molar-refractivity contribution in [3.05, 3.63) is 41.9 Å². The third kappa shape index (κ3) is 4.77. The first-order chi connectivity index (χ1) is 13.8. The van der Waals surface area contributed by atoms with Crippen LogP contribution in [0.1, 0.15) is 31.0 Å². The molecule has 2 aliphatic heterocycles. The number of nitrogens with one attached hydrogen (secondary N) is 1. The van der Waals surface area contributed by atoms with Crippen molar-refractivity contribution in [2.45, 2.75) is 38.8 Å². The summed E-state index contributed by atoms with van der Waals surface area (Å²) in [5.41, 5.74) is 2.35. The summed E-state index contributed by atoms with van der Waals surface area (Å²) in [5.74, 6) is 1.92. The lowest BCUT2D eigenvalue weighted by atomic mass is 10.0. The molecule has 0 saturated carbocycles. The Kier molecular flexibility index (Phi) is 6.34. The number of morpholine rings is 1. The van der Waals surface area contributed by atoms with Crippen LogP contribution in [0.15, 0.2) is 30.6 Å². The number of piperidine rings is 1. The molecule has 0 spiro atoms. The van der Waals surface area contributed by atoms with E-state index in [-0.39, 0.29) is 0 Å². The largest absolute Gasteiger partial charge is 0.378 e. The second-order valence-corrected chi connectivity index (χ2v) is 7.47. The fraction of sp³-hybridized carbons (Fsp3) is 0.571. The average Bonchev–Trinajstić information content (AvgIpc) is 2.79. The molecule has 7 heteroatoms. The number of rotatable bonds is 6. The van der Waals surface area contributed by atoms with Gasteiger partial charge in [-0.2, -0.15) is 4.98 Å². The second-order valence-electron chi connectivity index (χ2n) is 7.47. The maximum absolute atomic E-state index is 5.47. The van der Waals surface area contributed by atoms with Gasteiger partial charge in [0, 0.05) is 62.9 Å². The van der Waals surface area contributed by atoms with Crippen LogP contribution in [0.25, 0.3) is 0 Å². The highest BCUT2D eigenvalue weighted by Gasteiger charge is 2.22. The Hall–Kier alpha value is -2.25. The van der Waals surface area contributed by atoms with Gasteiger partial charge in [-0.3, -0.25) is 4.98 Å². The highest BCUT2D eigenvalue weighted by Crippen LogP contribution is 2.22. The van der Waals surface area contributed by atoms with Crippen molar-refractivity contribution in [2.24, 2.45) is 0 Å². The molecule has 0 radical (unpaired) electrons. The summed E-state index contributed by atoms with van der Waals surface area (Å²) in [6.45, 7) is 8.32. The minimum Gasteiger partial charge on any atom is -0.378 e. The lowest BCUT2D eigenvalue weighted by molar-refractivity contribution is 0.122. The van der Waals surface area contributed by atoms with E-state index in [1.807, 2.05) is 18.5 Å². The zero-order valence-corrected chi connectivity index (χ0v) is 16.7. The standard InChI is InChI=1S/C21H30N6O/c1-2-18-14-20(25-21(24-18)27-10-12-28-13-11-27)26-8-5-19(6-9-26)23-16-17-4-3-7-22-15-17/h3-4,7,14-15,19,23H,2,5-6,8-13,16H2,1H3. The van der Waals surface area contributed by atoms with Crippen LogP contribution in [-0.4, -0.2) is 60.4 Å². The molecule has 28 heavy (non-hydrogen) atoms. The van der Waals surface area contributed by atoms with Crippen LogP contribution < -0.4 is 15.1 Å². The van der Waals surface area contributed by atoms with Crippen LogP contribution in [0.5, 0.6) is 0 Å². The van der Waals surface area contributed by atoms with Crippen LogP contribution in [0.4, 0.5) is 11.8 Å². The lowest BCUT2D eigenvalue weighted by Crippen LogP contribution is -2.43. The van der Waals surface area contributed by atoms with E-state index in [4.69, 9.17) is 14.7 Å². The molecule has 7 nitrogen and oxygen atoms in total. The highest BCUT2D eigenvalue weighted by molar-refractivity contribution is 5.46. The highest BCUT2D eigenvalue weighted by atomic mass is 16.5. The van der Waals surface area contributed by atoms with Gasteiger partial charge in [0.05, 0.1) is 13.2 Å². The second kappa shape index (κ2) is 9.30. The van der Waals surface area contributed by atoms with E-state index >= 15 is 0 Å². The summed E-state index contributed by atoms with van der Waals surface area (Å²) >= 11 is 0. The van der Waals surface area contributed by atoms with Gasteiger partial charge in [0.2, 0.25) is 5.95 Å². The Balaban J connectivity index is 1.37. The SMILES string of the molecule is CCc1cc(N2CCC(NCc3cccnc3)CC2)nc(N2CCOCC2)n1. The van der Waals surface area contributed by atoms with Crippen molar-refractivity contribution in [1.82, 2.24) is 20.3 Å². The van der Waals surface area contributed by atoms with Gasteiger partial charge < -0.3 is 19.9 Å². The molecule has 150 valence electrons. The van der Waals surface area contributed by atoms with Crippen molar-refractivity contribution in [2.75, 3.05) is 49.2 Å². The first-order valence-corrected chi connectivity index (χ1v) is 10.4. The zero-order chi connectivity index (χ0) is 19.2. The van der Waals surface area contributed by atoms with E-state index in [0.29, 0.717) is 6.04 Å². The van der Waals surface area contributed by atoms with Crippen molar-refractivity contribution < 1.29 is 4.74 Å². The van der Waals surface area contributed by atoms with Crippen molar-refractivity contribution >= 4 is 11.8 Å². The fourth-order valence-electron chi connectivity index (χ4n) is 3.79. The fourth-order valence-corrected chi connectivity index (χ4v) is 3.79. The van der Waals surface area contributed by atoms with Crippen LogP contribution in [0.2, 0.25) is 0 Å². The first-order valence-electron chi connectivity index (χ1n) is 10.4. The van der Waals surface area contributed by atoms with Gasteiger partial charge in [-0.25, -0.2) is 4.98 Å². The molecule has 0 aromatic carbocycles. The van der Waals surface area contributed by atoms with Gasteiger partial charge in [0.1, 0.15) is 5.82 Å². The van der Waals surface area contributed by atoms with Gasteiger partial charge in [-0.1, -0.05) is 13.0 Å². The molecule has 4 heterocycles. The molecule has 2 saturated heterocycles. The summed E-state index contributed by atoms with van der Waals surface area (Å²) in [4.78, 5) is 18.5. The molecular weight excluding hydrogens is 352 g/mol. The Morgan fingerprint density at radius 3 is 2.64 bits per heavy atom. The maximum Gasteiger partial charge on any atom is 0.227 e. The summed E-state index contributed by atoms with van der Waals surface area (Å²) in [6, 6.07) is 6.82. The van der Waals surface area contributed by atoms with E-state index in [1.54, 1.807) is 0 Å². The number of ether oxygens (including phenoxy) is 1. The van der Waals surface area contributed by atoms with Crippen LogP contribution in [0.3, 0.4) is 0 Å². The number of aromatic nitrogens is 3. The minimum absolute atomic E-state index is 0.544. The first kappa shape index (κ1) is 19.1. The molecule has 2 fully saturated rings. The molecule has 0 bridgehead atoms. The molecular formula is C21H30N6O. The maximum atomic E-state index is 5.47. The van der Waals surface area contributed by atoms with Crippen LogP contribution in [-0.2, 0) is 17.7 Å². The quantitative estimate of drug-likeness (QED) is 0.820. The van der Waals surface area contributed by atoms with E-state index < -0.39 is 0 Å². The van der Waals surface area contributed by atoms with E-state index in [1.165, 1.54) is 5.56 Å². The van der Waals surface area contributed by atoms with Gasteiger partial charge in [0.25, 0.3) is 0 Å². The van der Waals surface area contributed by atoms with Gasteiger partial charge in [0.15, 0.2) is 0 Å². The molecule has 0 amide bonds. The number of pyridine rings is 1. The third-order valence-electron chi connectivity index (χ3n) is 5.55. The lowest BCUT2D eigenvalue weighted by Gasteiger charge is -2.34. The van der Waals surface area contributed by atoms with Crippen LogP contribution >= 0.6 is 0 Å². The summed E-state index contributed by atoms with van der Waals surface area (Å²) < 4.78 is 5.47. The molecule has 2 aromatic rings. The molecule has 0 unspecified atom stereocenters. The van der Waals surface area contributed by atoms with Crippen molar-refractivity contribution in [3.8, 4) is 0 Å². The van der Waals surface area contributed by atoms with Gasteiger partial charge in [-0.15, -0.1) is 0 Å². The monoisotopic (exact) mass is 382 g/mol. The molecule has 1 N–H and O–H groups in total. The molecule has 4 rings (SSSR count). The summed E-state index contributed by atoms with van der Waals surface area (Å²) in [5, 5.41) is 3.67. The predicted octanol–water partition coefficient (Wildman–Crippen LogP) is 2.03. The van der Waals surface area contributed by atoms with E-state index in [0.717, 1.165) is 82.7 Å². The zero-order valence-electron chi connectivity index (χ0n) is 16.7. The van der Waals surface area contributed by atoms with Gasteiger partial charge >= 0.3 is 0 Å². The topological polar surface area (TPSA) is 66.4 Å². The molecule has 2 aromatic heterocycles. The average molecular weight is 383 g/mol. The Morgan fingerprint density at radius 1 is 1.11 bits per heavy atom. The molecule has 0 atom stereocenters. The number of hydrogen-bond donors (Lipinski definition) is 1. The summed E-state index contributed by atoms with van der Waals surface area (Å²) in [7, 11) is 0. The third-order valence-corrected chi connectivity index (χ3v) is 5.55. The number of aryl methyl sites for hydroxylation is 1. The van der Waals surface area contributed by atoms with Crippen LogP contribution in [0, 0.1) is 0 Å². The Bertz CT molecular complexity index is 742. The molecule has 2 aliphatic rings. The van der Waals surface area contributed by atoms with E-state index in [9.17, 15) is 0 Å². The number of anilines is 2. The molecule has 0 aliphatic carbocycles. The number of nitrogens with zero attached hydrogens (tertiary/aromatic N) is 5. The predicted molar refractivity (Wildman–Crippen MR) is 111 cm³/mol. The normalized spacial score (nSPS) is 18.5. The summed E-state index contributed by atoms with van der Waals surface area (Å²) in [6.07, 6.45) is 6.93. The smallest absolute Gasteiger partial charge is 0.227 e. The Labute approximate surface area is 167 Å². The Morgan fingerprint density at radius 2 is 1.93 bits per heavy atom. The van der Waals surface area contributed by atoms with E-state index in [2.05, 4.69) is 39.2 Å². The van der Waals surface area contributed by atoms with Crippen molar-refractivity contribution in [3.63, 3.8) is 0 Å².